The molecule has 566 valence electrons. The standard InChI is InChI=1S/C12H11F4NO2.C12H9F4NO2.C12H11F4NO.C10H10FN3.C10H12FN.C10H11FO.C10H9FO/c2*13-6-1-2-7-8(5-6)9(3-4-10(7)18)17-11(19)12(14,15)16;13-8-5-4-7-2-1-3-10(9(7)6-8)17-11(18)12(14,15)16;11-8-5-4-7-2-1-3-10(13-14-12)9(7)6-8;3*11-8-5-4-7-2-1-3-10(12)9(7)6-8/h1-2,5,9-10,18H,3-4H2,(H,17,19);1-2,5,9H,3-4H2,(H,17,19);4-6,10H,1-3H2,(H,17,18);4-6,10H,1-3H2;4-6,10H,1-3,12H2;4-6,10,12H,1-3H2;4-6H,1-3H2/t9-,10-;9-;4*10-;/m111110./s1. The molecule has 14 nitrogen and oxygen atoms in total. The Hall–Kier alpha value is -9.64. The van der Waals surface area contributed by atoms with Crippen LogP contribution in [0.3, 0.4) is 0 Å². The lowest BCUT2D eigenvalue weighted by molar-refractivity contribution is -0.174. The van der Waals surface area contributed by atoms with Gasteiger partial charge in [-0.25, -0.2) is 30.7 Å². The normalized spacial score (nSPS) is 20.1. The number of Topliss-reactive ketones (excluding diaryl/α,β-unsaturated/α-hetero) is 2. The molecule has 106 heavy (non-hydrogen) atoms. The number of fused-ring (bicyclic) bond motifs is 7. The van der Waals surface area contributed by atoms with Gasteiger partial charge in [-0.3, -0.25) is 24.0 Å². The molecule has 0 saturated heterocycles. The van der Waals surface area contributed by atoms with Crippen LogP contribution in [0.2, 0.25) is 0 Å². The highest BCUT2D eigenvalue weighted by Crippen LogP contribution is 2.39. The maximum Gasteiger partial charge on any atom is 0.471 e. The molecule has 0 aliphatic heterocycles. The number of aliphatic hydroxyl groups excluding tert-OH is 2. The van der Waals surface area contributed by atoms with Crippen molar-refractivity contribution in [2.75, 3.05) is 0 Å². The van der Waals surface area contributed by atoms with Gasteiger partial charge in [-0.2, -0.15) is 39.5 Å². The van der Waals surface area contributed by atoms with Gasteiger partial charge in [-0.15, -0.1) is 0 Å². The number of aliphatic hydroxyl groups is 2. The maximum atomic E-state index is 13.1. The van der Waals surface area contributed by atoms with Crippen molar-refractivity contribution < 1.29 is 104 Å². The highest BCUT2D eigenvalue weighted by molar-refractivity contribution is 5.99. The van der Waals surface area contributed by atoms with Gasteiger partial charge in [0.25, 0.3) is 0 Å². The van der Waals surface area contributed by atoms with E-state index < -0.39 is 84.0 Å². The Morgan fingerprint density at radius 1 is 0.377 bits per heavy atom. The second-order valence-corrected chi connectivity index (χ2v) is 26.0. The quantitative estimate of drug-likeness (QED) is 0.0428. The minimum absolute atomic E-state index is 0.0153. The van der Waals surface area contributed by atoms with Gasteiger partial charge in [-0.05, 0) is 272 Å². The van der Waals surface area contributed by atoms with Crippen molar-refractivity contribution in [3.63, 3.8) is 0 Å². The summed E-state index contributed by atoms with van der Waals surface area (Å²) in [6.07, 6.45) is -3.07. The number of hydrogen-bond acceptors (Lipinski definition) is 9. The van der Waals surface area contributed by atoms with Gasteiger partial charge in [0.05, 0.1) is 36.4 Å². The molecule has 7 atom stereocenters. The van der Waals surface area contributed by atoms with Gasteiger partial charge in [-0.1, -0.05) is 41.5 Å². The Morgan fingerprint density at radius 3 is 1.30 bits per heavy atom. The highest BCUT2D eigenvalue weighted by Gasteiger charge is 2.43. The molecule has 0 unspecified atom stereocenters. The van der Waals surface area contributed by atoms with Gasteiger partial charge < -0.3 is 31.9 Å². The number of nitrogens with two attached hydrogens (primary N) is 1. The van der Waals surface area contributed by atoms with E-state index in [2.05, 4.69) is 10.0 Å². The Balaban J connectivity index is 0.000000157. The van der Waals surface area contributed by atoms with Gasteiger partial charge in [0.2, 0.25) is 0 Å². The first-order chi connectivity index (χ1) is 50.1. The van der Waals surface area contributed by atoms with Crippen LogP contribution in [0, 0.1) is 40.7 Å². The monoisotopic (exact) mass is 1500 g/mol. The van der Waals surface area contributed by atoms with E-state index in [1.54, 1.807) is 35.6 Å². The number of nitrogens with zero attached hydrogens (tertiary/aromatic N) is 3. The molecule has 0 heterocycles. The van der Waals surface area contributed by atoms with Crippen LogP contribution in [0.25, 0.3) is 10.4 Å². The summed E-state index contributed by atoms with van der Waals surface area (Å²) in [7, 11) is 0. The minimum Gasteiger partial charge on any atom is -0.388 e. The molecule has 14 rings (SSSR count). The van der Waals surface area contributed by atoms with Crippen molar-refractivity contribution in [2.24, 2.45) is 10.8 Å². The Morgan fingerprint density at radius 2 is 0.755 bits per heavy atom. The van der Waals surface area contributed by atoms with E-state index in [-0.39, 0.29) is 89.3 Å². The van der Waals surface area contributed by atoms with E-state index in [1.807, 2.05) is 16.7 Å². The van der Waals surface area contributed by atoms with Gasteiger partial charge >= 0.3 is 36.3 Å². The average molecular weight is 1500 g/mol. The zero-order valence-electron chi connectivity index (χ0n) is 56.5. The zero-order chi connectivity index (χ0) is 77.4. The first-order valence-electron chi connectivity index (χ1n) is 33.9. The van der Waals surface area contributed by atoms with Crippen LogP contribution in [0.1, 0.15) is 220 Å². The number of carbonyl (C=O) groups is 5. The topological polar surface area (TPSA) is 237 Å². The second-order valence-electron chi connectivity index (χ2n) is 26.0. The second kappa shape index (κ2) is 36.6. The van der Waals surface area contributed by atoms with Crippen molar-refractivity contribution >= 4 is 29.3 Å². The van der Waals surface area contributed by atoms with Crippen molar-refractivity contribution in [3.05, 3.63) is 256 Å². The summed E-state index contributed by atoms with van der Waals surface area (Å²) in [5.41, 5.74) is 23.9. The number of azide groups is 1. The third-order valence-electron chi connectivity index (χ3n) is 18.6. The molecule has 0 spiro atoms. The van der Waals surface area contributed by atoms with Crippen LogP contribution in [0.4, 0.5) is 70.2 Å². The maximum absolute atomic E-state index is 13.1. The molecule has 7 aromatic rings. The van der Waals surface area contributed by atoms with Gasteiger partial charge in [0.15, 0.2) is 11.6 Å². The van der Waals surface area contributed by atoms with Crippen LogP contribution in [0.15, 0.2) is 133 Å². The summed E-state index contributed by atoms with van der Waals surface area (Å²) in [5, 5.41) is 28.4. The van der Waals surface area contributed by atoms with Crippen LogP contribution < -0.4 is 21.7 Å². The van der Waals surface area contributed by atoms with E-state index in [4.69, 9.17) is 11.3 Å². The summed E-state index contributed by atoms with van der Waals surface area (Å²) in [6.45, 7) is 0. The number of carbonyl (C=O) groups excluding carboxylic acids is 5. The number of rotatable bonds is 4. The van der Waals surface area contributed by atoms with E-state index in [0.717, 1.165) is 134 Å². The molecule has 7 aliphatic carbocycles. The largest absolute Gasteiger partial charge is 0.471 e. The fourth-order valence-electron chi connectivity index (χ4n) is 13.4. The molecule has 0 fully saturated rings. The van der Waals surface area contributed by atoms with E-state index in [0.29, 0.717) is 42.4 Å². The van der Waals surface area contributed by atoms with Crippen molar-refractivity contribution in [2.45, 2.75) is 183 Å². The lowest BCUT2D eigenvalue weighted by atomic mass is 9.85. The zero-order valence-corrected chi connectivity index (χ0v) is 56.5. The number of benzene rings is 7. The third kappa shape index (κ3) is 22.7. The smallest absolute Gasteiger partial charge is 0.388 e. The summed E-state index contributed by atoms with van der Waals surface area (Å²) >= 11 is 0. The minimum atomic E-state index is -5.01. The Labute approximate surface area is 597 Å². The SMILES string of the molecule is N[C@@H]1CCCc2ccc(F)cc21.O=C(N[C@@H]1CCCc2ccc(F)cc21)C(F)(F)F.O=C(N[C@@H]1CC[C@@H](O)c2ccc(F)cc21)C(F)(F)F.O=C1CCCc2ccc(F)cc21.O=C1CC[C@@H](NC(=O)C(F)(F)F)c2cc(F)ccc21.O[C@H]1CCCc2ccc(F)cc21.[N-]=[N+]=N[C@@H]1CCCc2ccc(F)cc21. The number of alkyl halides is 9. The number of nitrogens with one attached hydrogen (secondary N) is 3. The fourth-order valence-corrected chi connectivity index (χ4v) is 13.4. The average Bonchev–Trinajstić information content (AvgIpc) is 0.799. The molecule has 7 aliphatic rings. The highest BCUT2D eigenvalue weighted by atomic mass is 19.4. The van der Waals surface area contributed by atoms with Crippen molar-refractivity contribution in [1.82, 2.24) is 16.0 Å². The lowest BCUT2D eigenvalue weighted by Crippen LogP contribution is -2.40. The third-order valence-corrected chi connectivity index (χ3v) is 18.6. The van der Waals surface area contributed by atoms with Crippen LogP contribution in [0.5, 0.6) is 0 Å². The summed E-state index contributed by atoms with van der Waals surface area (Å²) in [6, 6.07) is 26.7. The molecular weight excluding hydrogens is 1430 g/mol. The number of aryl methyl sites for hydroxylation is 5. The molecule has 0 radical (unpaired) electrons. The van der Waals surface area contributed by atoms with Crippen LogP contribution >= 0.6 is 0 Å². The van der Waals surface area contributed by atoms with E-state index in [9.17, 15) is 104 Å². The molecule has 30 heteroatoms. The molecule has 7 N–H and O–H groups in total. The summed E-state index contributed by atoms with van der Waals surface area (Å²) in [5.74, 6) is -9.15. The molecule has 7 aromatic carbocycles. The Kier molecular flexibility index (Phi) is 28.3. The fraction of sp³-hybridized carbons (Fsp3) is 0.382. The number of amides is 3. The molecule has 0 aromatic heterocycles. The van der Waals surface area contributed by atoms with Crippen molar-refractivity contribution in [3.8, 4) is 0 Å². The first-order valence-corrected chi connectivity index (χ1v) is 33.9. The summed E-state index contributed by atoms with van der Waals surface area (Å²) < 4.78 is 200. The Bertz CT molecular complexity index is 4290. The number of hydrogen-bond donors (Lipinski definition) is 6. The molecule has 0 saturated carbocycles. The number of halogens is 16. The van der Waals surface area contributed by atoms with Crippen molar-refractivity contribution in [1.29, 1.82) is 0 Å². The lowest BCUT2D eigenvalue weighted by Gasteiger charge is -2.29. The van der Waals surface area contributed by atoms with Gasteiger partial charge in [0.1, 0.15) is 40.7 Å². The summed E-state index contributed by atoms with van der Waals surface area (Å²) in [4.78, 5) is 58.3. The predicted octanol–water partition coefficient (Wildman–Crippen LogP) is 18.0. The van der Waals surface area contributed by atoms with Gasteiger partial charge in [0, 0.05) is 34.9 Å². The first kappa shape index (κ1) is 82.0. The van der Waals surface area contributed by atoms with Crippen LogP contribution in [-0.2, 0) is 46.5 Å². The molecule has 3 amide bonds. The predicted molar refractivity (Wildman–Crippen MR) is 356 cm³/mol. The van der Waals surface area contributed by atoms with E-state index in [1.165, 1.54) is 72.3 Å². The van der Waals surface area contributed by atoms with Crippen LogP contribution in [-0.4, -0.2) is 58.0 Å². The number of ketones is 2. The molecule has 0 bridgehead atoms. The van der Waals surface area contributed by atoms with E-state index >= 15 is 0 Å². The molecular formula is C76H73F16N7O7.